The monoisotopic (exact) mass is 277 g/mol. The van der Waals surface area contributed by atoms with Crippen LogP contribution in [-0.4, -0.2) is 26.0 Å². The summed E-state index contributed by atoms with van der Waals surface area (Å²) >= 11 is 0. The van der Waals surface area contributed by atoms with Gasteiger partial charge in [-0.1, -0.05) is 26.7 Å². The van der Waals surface area contributed by atoms with E-state index in [1.165, 1.54) is 0 Å². The molecule has 1 aromatic carbocycles. The number of nitrogens with zero attached hydrogens (tertiary/aromatic N) is 1. The first kappa shape index (κ1) is 16.3. The summed E-state index contributed by atoms with van der Waals surface area (Å²) < 4.78 is 0. The molecule has 0 radical (unpaired) electrons. The van der Waals surface area contributed by atoms with Crippen LogP contribution in [0.15, 0.2) is 18.2 Å². The van der Waals surface area contributed by atoms with E-state index in [0.29, 0.717) is 11.5 Å². The zero-order valence-corrected chi connectivity index (χ0v) is 13.1. The van der Waals surface area contributed by atoms with Gasteiger partial charge in [-0.25, -0.2) is 0 Å². The Morgan fingerprint density at radius 2 is 1.95 bits per heavy atom. The van der Waals surface area contributed by atoms with Gasteiger partial charge < -0.3 is 16.0 Å². The maximum atomic E-state index is 11.8. The van der Waals surface area contributed by atoms with Crippen molar-refractivity contribution in [3.63, 3.8) is 0 Å². The Hall–Kier alpha value is -1.71. The molecule has 0 aromatic heterocycles. The van der Waals surface area contributed by atoms with Crippen LogP contribution in [0.1, 0.15) is 44.0 Å². The second kappa shape index (κ2) is 7.78. The van der Waals surface area contributed by atoms with Gasteiger partial charge in [-0.2, -0.15) is 0 Å². The molecule has 0 saturated heterocycles. The molecule has 0 fully saturated rings. The summed E-state index contributed by atoms with van der Waals surface area (Å²) in [5.74, 6) is 0.572. The molecular weight excluding hydrogens is 250 g/mol. The second-order valence-corrected chi connectivity index (χ2v) is 5.07. The van der Waals surface area contributed by atoms with E-state index in [4.69, 9.17) is 5.73 Å². The van der Waals surface area contributed by atoms with Crippen LogP contribution in [0.25, 0.3) is 0 Å². The van der Waals surface area contributed by atoms with E-state index in [9.17, 15) is 4.79 Å². The van der Waals surface area contributed by atoms with Gasteiger partial charge in [0.2, 0.25) is 0 Å². The van der Waals surface area contributed by atoms with Crippen molar-refractivity contribution < 1.29 is 4.79 Å². The zero-order chi connectivity index (χ0) is 15.1. The van der Waals surface area contributed by atoms with Gasteiger partial charge in [-0.05, 0) is 31.0 Å². The first-order valence-corrected chi connectivity index (χ1v) is 7.43. The maximum absolute atomic E-state index is 11.8. The fourth-order valence-electron chi connectivity index (χ4n) is 2.36. The van der Waals surface area contributed by atoms with E-state index < -0.39 is 0 Å². The molecule has 0 heterocycles. The molecule has 0 bridgehead atoms. The number of nitrogens with one attached hydrogen (secondary N) is 1. The fraction of sp³-hybridized carbons (Fsp3) is 0.562. The number of rotatable bonds is 7. The summed E-state index contributed by atoms with van der Waals surface area (Å²) in [6, 6.07) is 5.47. The number of carbonyl (C=O) groups is 1. The van der Waals surface area contributed by atoms with E-state index in [0.717, 1.165) is 37.3 Å². The molecule has 0 aliphatic rings. The summed E-state index contributed by atoms with van der Waals surface area (Å²) in [6.07, 6.45) is 2.31. The molecule has 0 aliphatic heterocycles. The predicted molar refractivity (Wildman–Crippen MR) is 86.2 cm³/mol. The first-order valence-electron chi connectivity index (χ1n) is 7.43. The third kappa shape index (κ3) is 3.89. The highest BCUT2D eigenvalue weighted by atomic mass is 16.1. The Morgan fingerprint density at radius 3 is 2.45 bits per heavy atom. The Bertz CT molecular complexity index is 441. The molecule has 4 nitrogen and oxygen atoms in total. The van der Waals surface area contributed by atoms with E-state index in [1.807, 2.05) is 12.1 Å². The van der Waals surface area contributed by atoms with Gasteiger partial charge in [0.25, 0.3) is 5.91 Å². The molecule has 0 aliphatic carbocycles. The number of carbonyl (C=O) groups excluding carboxylic acids is 1. The highest BCUT2D eigenvalue weighted by Gasteiger charge is 2.15. The van der Waals surface area contributed by atoms with Crippen molar-refractivity contribution in [2.24, 2.45) is 5.92 Å². The molecule has 0 atom stereocenters. The molecule has 1 rings (SSSR count). The summed E-state index contributed by atoms with van der Waals surface area (Å²) in [7, 11) is 1.64. The number of amides is 1. The highest BCUT2D eigenvalue weighted by molar-refractivity contribution is 5.96. The van der Waals surface area contributed by atoms with Gasteiger partial charge in [-0.15, -0.1) is 0 Å². The lowest BCUT2D eigenvalue weighted by Gasteiger charge is -2.29. The molecule has 3 N–H and O–H groups in total. The standard InChI is InChI=1S/C16H27N3O/c1-5-12(6-2)11-19(7-3)15-10-13(16(20)18-4)8-9-14(15)17/h8-10,12H,5-7,11,17H2,1-4H3,(H,18,20). The molecule has 4 heteroatoms. The lowest BCUT2D eigenvalue weighted by atomic mass is 10.0. The van der Waals surface area contributed by atoms with Gasteiger partial charge in [-0.3, -0.25) is 4.79 Å². The van der Waals surface area contributed by atoms with Gasteiger partial charge in [0, 0.05) is 25.7 Å². The molecule has 112 valence electrons. The Kier molecular flexibility index (Phi) is 6.36. The van der Waals surface area contributed by atoms with Crippen LogP contribution >= 0.6 is 0 Å². The van der Waals surface area contributed by atoms with Crippen LogP contribution < -0.4 is 16.0 Å². The summed E-state index contributed by atoms with van der Waals surface area (Å²) in [6.45, 7) is 8.41. The Morgan fingerprint density at radius 1 is 1.30 bits per heavy atom. The van der Waals surface area contributed by atoms with Gasteiger partial charge >= 0.3 is 0 Å². The van der Waals surface area contributed by atoms with Crippen molar-refractivity contribution in [1.82, 2.24) is 5.32 Å². The van der Waals surface area contributed by atoms with Gasteiger partial charge in [0.15, 0.2) is 0 Å². The fourth-order valence-corrected chi connectivity index (χ4v) is 2.36. The Labute approximate surface area is 122 Å². The van der Waals surface area contributed by atoms with Crippen LogP contribution in [0.2, 0.25) is 0 Å². The van der Waals surface area contributed by atoms with Crippen molar-refractivity contribution in [2.45, 2.75) is 33.6 Å². The summed E-state index contributed by atoms with van der Waals surface area (Å²) in [4.78, 5) is 14.0. The van der Waals surface area contributed by atoms with Crippen molar-refractivity contribution in [3.05, 3.63) is 23.8 Å². The zero-order valence-electron chi connectivity index (χ0n) is 13.1. The SMILES string of the molecule is CCC(CC)CN(CC)c1cc(C(=O)NC)ccc1N. The molecule has 1 amide bonds. The topological polar surface area (TPSA) is 58.4 Å². The molecule has 1 aromatic rings. The molecule has 0 spiro atoms. The third-order valence-electron chi connectivity index (χ3n) is 3.88. The number of nitrogen functional groups attached to an aromatic ring is 1. The molecule has 0 saturated carbocycles. The average molecular weight is 277 g/mol. The van der Waals surface area contributed by atoms with Crippen molar-refractivity contribution in [2.75, 3.05) is 30.8 Å². The summed E-state index contributed by atoms with van der Waals surface area (Å²) in [5.41, 5.74) is 8.43. The van der Waals surface area contributed by atoms with E-state index in [2.05, 4.69) is 31.0 Å². The third-order valence-corrected chi connectivity index (χ3v) is 3.88. The van der Waals surface area contributed by atoms with E-state index >= 15 is 0 Å². The lowest BCUT2D eigenvalue weighted by Crippen LogP contribution is -2.30. The van der Waals surface area contributed by atoms with E-state index in [-0.39, 0.29) is 5.91 Å². The van der Waals surface area contributed by atoms with Gasteiger partial charge in [0.1, 0.15) is 0 Å². The van der Waals surface area contributed by atoms with Crippen LogP contribution in [0.3, 0.4) is 0 Å². The number of benzene rings is 1. The quantitative estimate of drug-likeness (QED) is 0.753. The van der Waals surface area contributed by atoms with Crippen LogP contribution in [-0.2, 0) is 0 Å². The number of anilines is 2. The first-order chi connectivity index (χ1) is 9.57. The maximum Gasteiger partial charge on any atom is 0.251 e. The minimum Gasteiger partial charge on any atom is -0.397 e. The van der Waals surface area contributed by atoms with Gasteiger partial charge in [0.05, 0.1) is 11.4 Å². The predicted octanol–water partition coefficient (Wildman–Crippen LogP) is 2.89. The normalized spacial score (nSPS) is 10.7. The summed E-state index contributed by atoms with van der Waals surface area (Å²) in [5, 5.41) is 2.65. The van der Waals surface area contributed by atoms with Crippen LogP contribution in [0, 0.1) is 5.92 Å². The molecule has 20 heavy (non-hydrogen) atoms. The molecular formula is C16H27N3O. The van der Waals surface area contributed by atoms with Crippen LogP contribution in [0.4, 0.5) is 11.4 Å². The minimum absolute atomic E-state index is 0.0789. The second-order valence-electron chi connectivity index (χ2n) is 5.07. The molecule has 0 unspecified atom stereocenters. The van der Waals surface area contributed by atoms with Crippen molar-refractivity contribution in [3.8, 4) is 0 Å². The smallest absolute Gasteiger partial charge is 0.251 e. The van der Waals surface area contributed by atoms with Crippen molar-refractivity contribution in [1.29, 1.82) is 0 Å². The largest absolute Gasteiger partial charge is 0.397 e. The number of hydrogen-bond acceptors (Lipinski definition) is 3. The van der Waals surface area contributed by atoms with Crippen molar-refractivity contribution >= 4 is 17.3 Å². The van der Waals surface area contributed by atoms with E-state index in [1.54, 1.807) is 13.1 Å². The van der Waals surface area contributed by atoms with Crippen LogP contribution in [0.5, 0.6) is 0 Å². The number of nitrogens with two attached hydrogens (primary N) is 1. The Balaban J connectivity index is 3.04. The average Bonchev–Trinajstić information content (AvgIpc) is 2.49. The minimum atomic E-state index is -0.0789. The lowest BCUT2D eigenvalue weighted by molar-refractivity contribution is 0.0963. The number of hydrogen-bond donors (Lipinski definition) is 2. The highest BCUT2D eigenvalue weighted by Crippen LogP contribution is 2.26.